The Kier molecular flexibility index (Phi) is 3.68. The van der Waals surface area contributed by atoms with E-state index in [0.29, 0.717) is 6.04 Å². The molecule has 1 nitrogen and oxygen atoms in total. The van der Waals surface area contributed by atoms with E-state index in [1.165, 1.54) is 33.6 Å². The predicted octanol–water partition coefficient (Wildman–Crippen LogP) is 6.54. The maximum atomic E-state index is 2.41. The molecular weight excluding hydrogens is 302 g/mol. The molecular formula is C24H25N. The molecule has 1 heteroatoms. The molecule has 0 amide bonds. The van der Waals surface area contributed by atoms with Gasteiger partial charge in [-0.1, -0.05) is 62.4 Å². The molecule has 0 heterocycles. The Morgan fingerprint density at radius 1 is 0.680 bits per heavy atom. The Hall–Kier alpha value is -2.54. The first-order valence-corrected chi connectivity index (χ1v) is 9.09. The molecule has 126 valence electrons. The van der Waals surface area contributed by atoms with Crippen LogP contribution in [0.15, 0.2) is 72.8 Å². The van der Waals surface area contributed by atoms with Crippen molar-refractivity contribution in [2.24, 2.45) is 0 Å². The molecule has 0 fully saturated rings. The molecule has 0 saturated heterocycles. The van der Waals surface area contributed by atoms with Crippen molar-refractivity contribution in [1.29, 1.82) is 0 Å². The number of para-hydroxylation sites is 1. The molecule has 0 bridgehead atoms. The summed E-state index contributed by atoms with van der Waals surface area (Å²) in [7, 11) is 0. The van der Waals surface area contributed by atoms with Crippen molar-refractivity contribution in [3.05, 3.63) is 83.9 Å². The van der Waals surface area contributed by atoms with E-state index in [-0.39, 0.29) is 5.41 Å². The first-order valence-electron chi connectivity index (χ1n) is 9.09. The highest BCUT2D eigenvalue weighted by molar-refractivity contribution is 5.84. The summed E-state index contributed by atoms with van der Waals surface area (Å²) in [6.07, 6.45) is 0. The maximum absolute atomic E-state index is 2.41. The third-order valence-corrected chi connectivity index (χ3v) is 5.40. The number of nitrogens with zero attached hydrogens (tertiary/aromatic N) is 1. The zero-order valence-electron chi connectivity index (χ0n) is 15.5. The molecule has 0 saturated carbocycles. The maximum Gasteiger partial charge on any atom is 0.0419 e. The van der Waals surface area contributed by atoms with Crippen molar-refractivity contribution in [2.45, 2.75) is 39.2 Å². The van der Waals surface area contributed by atoms with Gasteiger partial charge in [0.25, 0.3) is 0 Å². The summed E-state index contributed by atoms with van der Waals surface area (Å²) in [5.41, 5.74) is 8.17. The molecule has 0 radical (unpaired) electrons. The van der Waals surface area contributed by atoms with Crippen LogP contribution in [0.3, 0.4) is 0 Å². The lowest BCUT2D eigenvalue weighted by atomic mass is 9.82. The summed E-state index contributed by atoms with van der Waals surface area (Å²) in [5.74, 6) is 0. The van der Waals surface area contributed by atoms with Crippen molar-refractivity contribution in [3.8, 4) is 11.1 Å². The van der Waals surface area contributed by atoms with E-state index < -0.39 is 0 Å². The average molecular weight is 327 g/mol. The highest BCUT2D eigenvalue weighted by Crippen LogP contribution is 2.49. The van der Waals surface area contributed by atoms with Gasteiger partial charge in [-0.25, -0.2) is 0 Å². The van der Waals surface area contributed by atoms with Crippen LogP contribution in [0, 0.1) is 0 Å². The molecule has 0 N–H and O–H groups in total. The minimum absolute atomic E-state index is 0.0693. The van der Waals surface area contributed by atoms with Gasteiger partial charge in [-0.05, 0) is 60.4 Å². The Labute approximate surface area is 150 Å². The second-order valence-corrected chi connectivity index (χ2v) is 7.70. The zero-order valence-corrected chi connectivity index (χ0v) is 15.5. The van der Waals surface area contributed by atoms with E-state index in [4.69, 9.17) is 0 Å². The van der Waals surface area contributed by atoms with Gasteiger partial charge in [0.05, 0.1) is 0 Å². The fourth-order valence-corrected chi connectivity index (χ4v) is 4.19. The van der Waals surface area contributed by atoms with Gasteiger partial charge in [0.1, 0.15) is 0 Å². The van der Waals surface area contributed by atoms with Crippen molar-refractivity contribution in [1.82, 2.24) is 0 Å². The number of rotatable bonds is 3. The summed E-state index contributed by atoms with van der Waals surface area (Å²) in [5, 5.41) is 0. The van der Waals surface area contributed by atoms with Crippen LogP contribution < -0.4 is 4.90 Å². The van der Waals surface area contributed by atoms with Crippen molar-refractivity contribution in [2.75, 3.05) is 4.90 Å². The first-order chi connectivity index (χ1) is 12.0. The Morgan fingerprint density at radius 2 is 1.32 bits per heavy atom. The first kappa shape index (κ1) is 16.0. The van der Waals surface area contributed by atoms with Crippen molar-refractivity contribution < 1.29 is 0 Å². The monoisotopic (exact) mass is 327 g/mol. The molecule has 25 heavy (non-hydrogen) atoms. The smallest absolute Gasteiger partial charge is 0.0419 e. The summed E-state index contributed by atoms with van der Waals surface area (Å²) in [4.78, 5) is 2.41. The van der Waals surface area contributed by atoms with Gasteiger partial charge in [-0.3, -0.25) is 0 Å². The van der Waals surface area contributed by atoms with E-state index in [1.54, 1.807) is 0 Å². The van der Waals surface area contributed by atoms with Crippen molar-refractivity contribution >= 4 is 11.4 Å². The van der Waals surface area contributed by atoms with Gasteiger partial charge < -0.3 is 4.90 Å². The van der Waals surface area contributed by atoms with Gasteiger partial charge >= 0.3 is 0 Å². The van der Waals surface area contributed by atoms with Gasteiger partial charge in [0.2, 0.25) is 0 Å². The molecule has 0 aromatic heterocycles. The van der Waals surface area contributed by atoms with Crippen LogP contribution in [-0.4, -0.2) is 6.04 Å². The van der Waals surface area contributed by atoms with Crippen LogP contribution in [0.1, 0.15) is 38.8 Å². The summed E-state index contributed by atoms with van der Waals surface area (Å²) in [6.45, 7) is 9.15. The average Bonchev–Trinajstić information content (AvgIpc) is 2.84. The lowest BCUT2D eigenvalue weighted by Crippen LogP contribution is -2.25. The highest BCUT2D eigenvalue weighted by atomic mass is 15.2. The van der Waals surface area contributed by atoms with Crippen LogP contribution in [0.4, 0.5) is 11.4 Å². The number of hydrogen-bond acceptors (Lipinski definition) is 1. The standard InChI is InChI=1S/C24H25N/c1-17(2)25(18-10-6-5-7-11-18)19-14-15-23-21(16-19)20-12-8-9-13-22(20)24(23,3)4/h5-17H,1-4H3. The fraction of sp³-hybridized carbons (Fsp3) is 0.250. The highest BCUT2D eigenvalue weighted by Gasteiger charge is 2.35. The third-order valence-electron chi connectivity index (χ3n) is 5.40. The summed E-state index contributed by atoms with van der Waals surface area (Å²) < 4.78 is 0. The third kappa shape index (κ3) is 2.46. The molecule has 3 aromatic rings. The number of fused-ring (bicyclic) bond motifs is 3. The van der Waals surface area contributed by atoms with Gasteiger partial charge in [0, 0.05) is 22.8 Å². The lowest BCUT2D eigenvalue weighted by Gasteiger charge is -2.30. The van der Waals surface area contributed by atoms with E-state index in [2.05, 4.69) is 105 Å². The van der Waals surface area contributed by atoms with Crippen LogP contribution in [0.2, 0.25) is 0 Å². The van der Waals surface area contributed by atoms with Gasteiger partial charge in [-0.2, -0.15) is 0 Å². The van der Waals surface area contributed by atoms with Crippen LogP contribution in [0.25, 0.3) is 11.1 Å². The van der Waals surface area contributed by atoms with E-state index in [1.807, 2.05) is 0 Å². The quantitative estimate of drug-likeness (QED) is 0.528. The van der Waals surface area contributed by atoms with E-state index in [0.717, 1.165) is 0 Å². The Morgan fingerprint density at radius 3 is 2.04 bits per heavy atom. The molecule has 0 aliphatic heterocycles. The zero-order chi connectivity index (χ0) is 17.6. The van der Waals surface area contributed by atoms with E-state index in [9.17, 15) is 0 Å². The predicted molar refractivity (Wildman–Crippen MR) is 108 cm³/mol. The Bertz CT molecular complexity index is 906. The fourth-order valence-electron chi connectivity index (χ4n) is 4.19. The van der Waals surface area contributed by atoms with Crippen LogP contribution in [-0.2, 0) is 5.41 Å². The van der Waals surface area contributed by atoms with E-state index >= 15 is 0 Å². The molecule has 1 aliphatic carbocycles. The van der Waals surface area contributed by atoms with Gasteiger partial charge in [-0.15, -0.1) is 0 Å². The van der Waals surface area contributed by atoms with Crippen LogP contribution in [0.5, 0.6) is 0 Å². The SMILES string of the molecule is CC(C)N(c1ccccc1)c1ccc2c(c1)-c1ccccc1C2(C)C. The molecule has 1 aliphatic rings. The second kappa shape index (κ2) is 5.77. The summed E-state index contributed by atoms with van der Waals surface area (Å²) in [6, 6.07) is 26.9. The molecule has 0 atom stereocenters. The molecule has 3 aromatic carbocycles. The molecule has 4 rings (SSSR count). The normalized spacial score (nSPS) is 14.3. The summed E-state index contributed by atoms with van der Waals surface area (Å²) >= 11 is 0. The van der Waals surface area contributed by atoms with Crippen LogP contribution >= 0.6 is 0 Å². The number of hydrogen-bond donors (Lipinski definition) is 0. The largest absolute Gasteiger partial charge is 0.339 e. The topological polar surface area (TPSA) is 3.24 Å². The number of anilines is 2. The molecule has 0 spiro atoms. The number of benzene rings is 3. The lowest BCUT2D eigenvalue weighted by molar-refractivity contribution is 0.660. The Balaban J connectivity index is 1.88. The van der Waals surface area contributed by atoms with Gasteiger partial charge in [0.15, 0.2) is 0 Å². The molecule has 0 unspecified atom stereocenters. The van der Waals surface area contributed by atoms with Crippen molar-refractivity contribution in [3.63, 3.8) is 0 Å². The minimum Gasteiger partial charge on any atom is -0.339 e. The minimum atomic E-state index is 0.0693. The second-order valence-electron chi connectivity index (χ2n) is 7.70.